The number of pyridine rings is 1. The second-order valence-corrected chi connectivity index (χ2v) is 9.28. The van der Waals surface area contributed by atoms with Crippen LogP contribution in [0.3, 0.4) is 0 Å². The lowest BCUT2D eigenvalue weighted by atomic mass is 10.0. The Kier molecular flexibility index (Phi) is 8.12. The number of ether oxygens (including phenoxy) is 2. The highest BCUT2D eigenvalue weighted by Gasteiger charge is 2.08. The van der Waals surface area contributed by atoms with E-state index in [0.29, 0.717) is 36.1 Å². The van der Waals surface area contributed by atoms with E-state index in [9.17, 15) is 9.59 Å². The number of aromatic nitrogens is 1. The maximum Gasteiger partial charge on any atom is 0.222 e. The monoisotopic (exact) mass is 527 g/mol. The molecule has 0 fully saturated rings. The van der Waals surface area contributed by atoms with Gasteiger partial charge in [-0.3, -0.25) is 9.59 Å². The van der Waals surface area contributed by atoms with Gasteiger partial charge in [-0.2, -0.15) is 4.98 Å². The number of hydrogen-bond donors (Lipinski definition) is 0. The van der Waals surface area contributed by atoms with E-state index in [1.807, 2.05) is 117 Å². The number of carbonyl (C=O) groups excluding carboxylic acids is 2. The molecule has 0 aliphatic heterocycles. The largest absolute Gasteiger partial charge is 0.439 e. The van der Waals surface area contributed by atoms with E-state index in [2.05, 4.69) is 4.98 Å². The summed E-state index contributed by atoms with van der Waals surface area (Å²) in [4.78, 5) is 28.2. The molecule has 0 saturated heterocycles. The van der Waals surface area contributed by atoms with Crippen molar-refractivity contribution in [3.05, 3.63) is 126 Å². The van der Waals surface area contributed by atoms with Crippen molar-refractivity contribution >= 4 is 11.6 Å². The molecule has 40 heavy (non-hydrogen) atoms. The smallest absolute Gasteiger partial charge is 0.222 e. The standard InChI is InChI=1S/C35H29NO4/c1-3-32(37)28-12-8-24(9-13-28)26-16-20-30(21-17-26)39-34-6-5-7-35(36-34)40-31-22-18-27(19-23-31)25-10-14-29(15-11-25)33(38)4-2/h5-23H,3-4H2,1-2H3. The minimum absolute atomic E-state index is 0.138. The molecular weight excluding hydrogens is 498 g/mol. The molecule has 5 rings (SSSR count). The minimum Gasteiger partial charge on any atom is -0.439 e. The SMILES string of the molecule is CCC(=O)c1ccc(-c2ccc(Oc3cccc(Oc4ccc(-c5ccc(C(=O)CC)cc5)cc4)n3)cc2)cc1. The fraction of sp³-hybridized carbons (Fsp3) is 0.114. The van der Waals surface area contributed by atoms with Crippen molar-refractivity contribution < 1.29 is 19.1 Å². The van der Waals surface area contributed by atoms with Crippen molar-refractivity contribution in [3.63, 3.8) is 0 Å². The van der Waals surface area contributed by atoms with Crippen LogP contribution in [0, 0.1) is 0 Å². The van der Waals surface area contributed by atoms with Crippen molar-refractivity contribution in [1.29, 1.82) is 0 Å². The lowest BCUT2D eigenvalue weighted by Crippen LogP contribution is -1.95. The van der Waals surface area contributed by atoms with Crippen LogP contribution < -0.4 is 9.47 Å². The van der Waals surface area contributed by atoms with Gasteiger partial charge >= 0.3 is 0 Å². The molecule has 0 unspecified atom stereocenters. The van der Waals surface area contributed by atoms with E-state index in [0.717, 1.165) is 33.4 Å². The Morgan fingerprint density at radius 1 is 0.500 bits per heavy atom. The molecule has 4 aromatic carbocycles. The Morgan fingerprint density at radius 3 is 1.15 bits per heavy atom. The van der Waals surface area contributed by atoms with Crippen LogP contribution in [-0.4, -0.2) is 16.6 Å². The Bertz CT molecular complexity index is 1480. The fourth-order valence-electron chi connectivity index (χ4n) is 4.29. The molecule has 0 aliphatic carbocycles. The van der Waals surface area contributed by atoms with E-state index in [1.54, 1.807) is 12.1 Å². The van der Waals surface area contributed by atoms with Gasteiger partial charge in [0.2, 0.25) is 11.8 Å². The maximum absolute atomic E-state index is 11.9. The van der Waals surface area contributed by atoms with Crippen molar-refractivity contribution in [2.45, 2.75) is 26.7 Å². The lowest BCUT2D eigenvalue weighted by molar-refractivity contribution is 0.0980. The summed E-state index contributed by atoms with van der Waals surface area (Å²) in [5.41, 5.74) is 5.57. The summed E-state index contributed by atoms with van der Waals surface area (Å²) in [6.45, 7) is 3.73. The quantitative estimate of drug-likeness (QED) is 0.169. The Hall–Kier alpha value is -5.03. The van der Waals surface area contributed by atoms with E-state index in [4.69, 9.17) is 9.47 Å². The lowest BCUT2D eigenvalue weighted by Gasteiger charge is -2.10. The van der Waals surface area contributed by atoms with E-state index in [1.165, 1.54) is 0 Å². The Balaban J connectivity index is 1.22. The van der Waals surface area contributed by atoms with Crippen LogP contribution in [0.5, 0.6) is 23.3 Å². The van der Waals surface area contributed by atoms with Crippen molar-refractivity contribution in [2.24, 2.45) is 0 Å². The molecule has 0 spiro atoms. The predicted octanol–water partition coefficient (Wildman–Crippen LogP) is 9.19. The van der Waals surface area contributed by atoms with Crippen LogP contribution in [0.4, 0.5) is 0 Å². The van der Waals surface area contributed by atoms with Gasteiger partial charge in [0.05, 0.1) is 0 Å². The third-order valence-corrected chi connectivity index (χ3v) is 6.57. The van der Waals surface area contributed by atoms with Crippen LogP contribution in [-0.2, 0) is 0 Å². The fourth-order valence-corrected chi connectivity index (χ4v) is 4.29. The predicted molar refractivity (Wildman–Crippen MR) is 157 cm³/mol. The average molecular weight is 528 g/mol. The summed E-state index contributed by atoms with van der Waals surface area (Å²) in [5.74, 6) is 2.43. The summed E-state index contributed by atoms with van der Waals surface area (Å²) < 4.78 is 11.9. The van der Waals surface area contributed by atoms with E-state index in [-0.39, 0.29) is 11.6 Å². The molecule has 5 aromatic rings. The normalized spacial score (nSPS) is 10.7. The molecule has 198 valence electrons. The number of nitrogens with zero attached hydrogens (tertiary/aromatic N) is 1. The average Bonchev–Trinajstić information content (AvgIpc) is 3.01. The van der Waals surface area contributed by atoms with Crippen molar-refractivity contribution in [1.82, 2.24) is 4.98 Å². The summed E-state index contributed by atoms with van der Waals surface area (Å²) in [5, 5.41) is 0. The van der Waals surface area contributed by atoms with Crippen LogP contribution in [0.15, 0.2) is 115 Å². The molecule has 1 heterocycles. The number of benzene rings is 4. The van der Waals surface area contributed by atoms with Gasteiger partial charge < -0.3 is 9.47 Å². The zero-order valence-electron chi connectivity index (χ0n) is 22.5. The number of rotatable bonds is 10. The number of Topliss-reactive ketones (excluding diaryl/α,β-unsaturated/α-hetero) is 2. The molecule has 0 amide bonds. The minimum atomic E-state index is 0.138. The second kappa shape index (κ2) is 12.2. The molecule has 5 nitrogen and oxygen atoms in total. The van der Waals surface area contributed by atoms with Gasteiger partial charge in [-0.25, -0.2) is 0 Å². The maximum atomic E-state index is 11.9. The topological polar surface area (TPSA) is 65.5 Å². The van der Waals surface area contributed by atoms with E-state index < -0.39 is 0 Å². The molecule has 0 bridgehead atoms. The number of carbonyl (C=O) groups is 2. The molecule has 0 saturated carbocycles. The van der Waals surface area contributed by atoms with Crippen LogP contribution >= 0.6 is 0 Å². The Morgan fingerprint density at radius 2 is 0.825 bits per heavy atom. The van der Waals surface area contributed by atoms with E-state index >= 15 is 0 Å². The molecule has 0 atom stereocenters. The highest BCUT2D eigenvalue weighted by molar-refractivity contribution is 5.96. The summed E-state index contributed by atoms with van der Waals surface area (Å²) in [6.07, 6.45) is 0.994. The Labute approximate surface area is 234 Å². The first-order chi connectivity index (χ1) is 19.5. The number of hydrogen-bond acceptors (Lipinski definition) is 5. The first-order valence-electron chi connectivity index (χ1n) is 13.3. The summed E-state index contributed by atoms with van der Waals surface area (Å²) in [6, 6.07) is 36.1. The molecule has 0 N–H and O–H groups in total. The van der Waals surface area contributed by atoms with Gasteiger partial charge in [-0.15, -0.1) is 0 Å². The highest BCUT2D eigenvalue weighted by Crippen LogP contribution is 2.29. The van der Waals surface area contributed by atoms with Crippen molar-refractivity contribution in [3.8, 4) is 45.5 Å². The summed E-state index contributed by atoms with van der Waals surface area (Å²) in [7, 11) is 0. The van der Waals surface area contributed by atoms with Gasteiger partial charge in [-0.05, 0) is 46.5 Å². The molecule has 0 radical (unpaired) electrons. The summed E-state index contributed by atoms with van der Waals surface area (Å²) >= 11 is 0. The highest BCUT2D eigenvalue weighted by atomic mass is 16.5. The molecule has 0 aliphatic rings. The second-order valence-electron chi connectivity index (χ2n) is 9.28. The third-order valence-electron chi connectivity index (χ3n) is 6.57. The zero-order valence-corrected chi connectivity index (χ0v) is 22.5. The molecular formula is C35H29NO4. The van der Waals surface area contributed by atoms with Gasteiger partial charge in [0.25, 0.3) is 0 Å². The van der Waals surface area contributed by atoms with Crippen LogP contribution in [0.25, 0.3) is 22.3 Å². The molecule has 5 heteroatoms. The molecule has 1 aromatic heterocycles. The van der Waals surface area contributed by atoms with Gasteiger partial charge in [0.15, 0.2) is 11.6 Å². The number of ketones is 2. The van der Waals surface area contributed by atoms with Gasteiger partial charge in [0, 0.05) is 36.1 Å². The van der Waals surface area contributed by atoms with Gasteiger partial charge in [0.1, 0.15) is 11.5 Å². The van der Waals surface area contributed by atoms with Crippen LogP contribution in [0.2, 0.25) is 0 Å². The van der Waals surface area contributed by atoms with Crippen molar-refractivity contribution in [2.75, 3.05) is 0 Å². The first-order valence-corrected chi connectivity index (χ1v) is 13.3. The third kappa shape index (κ3) is 6.33. The first kappa shape index (κ1) is 26.6. The van der Waals surface area contributed by atoms with Gasteiger partial charge in [-0.1, -0.05) is 92.7 Å². The van der Waals surface area contributed by atoms with Crippen LogP contribution in [0.1, 0.15) is 47.4 Å². The zero-order chi connectivity index (χ0) is 27.9.